The number of hydrogen-bond donors (Lipinski definition) is 3. The second-order valence-electron chi connectivity index (χ2n) is 5.92. The highest BCUT2D eigenvalue weighted by Gasteiger charge is 2.05. The number of hydrogen-bond acceptors (Lipinski definition) is 4. The van der Waals surface area contributed by atoms with Crippen LogP contribution in [0.5, 0.6) is 11.5 Å². The number of H-pyrrole nitrogens is 2. The Kier molecular flexibility index (Phi) is 5.61. The Morgan fingerprint density at radius 1 is 1.11 bits per heavy atom. The highest BCUT2D eigenvalue weighted by Crippen LogP contribution is 2.28. The van der Waals surface area contributed by atoms with E-state index in [-0.39, 0.29) is 11.6 Å². The Morgan fingerprint density at radius 2 is 1.93 bits per heavy atom. The van der Waals surface area contributed by atoms with Gasteiger partial charge in [0.1, 0.15) is 0 Å². The minimum atomic E-state index is -0.284. The average molecular weight is 367 g/mol. The summed E-state index contributed by atoms with van der Waals surface area (Å²) in [5.41, 5.74) is 2.44. The van der Waals surface area contributed by atoms with Gasteiger partial charge < -0.3 is 24.8 Å². The first kappa shape index (κ1) is 18.3. The van der Waals surface area contributed by atoms with E-state index >= 15 is 0 Å². The lowest BCUT2D eigenvalue weighted by Crippen LogP contribution is -2.07. The molecule has 0 saturated heterocycles. The molecule has 0 aliphatic carbocycles. The van der Waals surface area contributed by atoms with Gasteiger partial charge in [-0.3, -0.25) is 4.79 Å². The van der Waals surface area contributed by atoms with Crippen LogP contribution in [0.2, 0.25) is 0 Å². The number of benzene rings is 2. The van der Waals surface area contributed by atoms with E-state index in [1.807, 2.05) is 25.1 Å². The quantitative estimate of drug-likeness (QED) is 0.558. The zero-order valence-corrected chi connectivity index (χ0v) is 15.2. The fourth-order valence-corrected chi connectivity index (χ4v) is 2.59. The van der Waals surface area contributed by atoms with Gasteiger partial charge in [0.25, 0.3) is 0 Å². The molecule has 1 aromatic heterocycles. The zero-order valence-electron chi connectivity index (χ0n) is 15.2. The van der Waals surface area contributed by atoms with Crippen molar-refractivity contribution in [2.75, 3.05) is 19.0 Å². The molecule has 3 rings (SSSR count). The molecule has 0 bridgehead atoms. The molecule has 3 aromatic rings. The minimum absolute atomic E-state index is 0.280. The normalized spacial score (nSPS) is 11.0. The van der Waals surface area contributed by atoms with Crippen molar-refractivity contribution in [3.05, 3.63) is 58.5 Å². The van der Waals surface area contributed by atoms with Crippen molar-refractivity contribution in [3.8, 4) is 11.5 Å². The van der Waals surface area contributed by atoms with E-state index < -0.39 is 0 Å². The Hall–Kier alpha value is -3.48. The molecule has 7 heteroatoms. The topological polar surface area (TPSA) is 96.2 Å². The Morgan fingerprint density at radius 3 is 2.70 bits per heavy atom. The van der Waals surface area contributed by atoms with Crippen LogP contribution in [0.4, 0.5) is 5.69 Å². The molecule has 3 N–H and O–H groups in total. The number of methoxy groups -OCH3 is 1. The van der Waals surface area contributed by atoms with E-state index in [4.69, 9.17) is 9.47 Å². The number of nitrogens with one attached hydrogen (secondary N) is 3. The van der Waals surface area contributed by atoms with Gasteiger partial charge in [-0.2, -0.15) is 0 Å². The van der Waals surface area contributed by atoms with Gasteiger partial charge in [0, 0.05) is 11.8 Å². The predicted molar refractivity (Wildman–Crippen MR) is 105 cm³/mol. The van der Waals surface area contributed by atoms with Crippen molar-refractivity contribution >= 4 is 28.7 Å². The van der Waals surface area contributed by atoms with Crippen LogP contribution in [0.1, 0.15) is 18.9 Å². The smallest absolute Gasteiger partial charge is 0.323 e. The average Bonchev–Trinajstić information content (AvgIpc) is 3.04. The number of fused-ring (bicyclic) bond motifs is 1. The van der Waals surface area contributed by atoms with Crippen molar-refractivity contribution in [2.45, 2.75) is 13.3 Å². The van der Waals surface area contributed by atoms with Gasteiger partial charge in [0.05, 0.1) is 24.8 Å². The first-order valence-electron chi connectivity index (χ1n) is 8.61. The largest absolute Gasteiger partial charge is 0.493 e. The van der Waals surface area contributed by atoms with E-state index in [0.29, 0.717) is 34.8 Å². The van der Waals surface area contributed by atoms with Gasteiger partial charge in [0.2, 0.25) is 5.91 Å². The highest BCUT2D eigenvalue weighted by molar-refractivity contribution is 6.02. The fourth-order valence-electron chi connectivity index (χ4n) is 2.59. The standard InChI is InChI=1S/C20H21N3O4/c1-3-10-27-17-8-4-13(11-18(17)26-2)5-9-19(24)21-14-6-7-15-16(12-14)23-20(25)22-15/h4-9,11-12H,3,10H2,1-2H3,(H,21,24)(H2,22,23,25)/b9-5+. The summed E-state index contributed by atoms with van der Waals surface area (Å²) in [6.07, 6.45) is 4.04. The molecule has 140 valence electrons. The second-order valence-corrected chi connectivity index (χ2v) is 5.92. The van der Waals surface area contributed by atoms with Crippen LogP contribution in [-0.4, -0.2) is 29.6 Å². The van der Waals surface area contributed by atoms with Crippen LogP contribution in [0.15, 0.2) is 47.3 Å². The summed E-state index contributed by atoms with van der Waals surface area (Å²) < 4.78 is 11.0. The summed E-state index contributed by atoms with van der Waals surface area (Å²) in [4.78, 5) is 28.8. The number of ether oxygens (including phenoxy) is 2. The molecule has 0 saturated carbocycles. The molecule has 0 fully saturated rings. The number of carbonyl (C=O) groups excluding carboxylic acids is 1. The van der Waals surface area contributed by atoms with E-state index in [1.54, 1.807) is 31.4 Å². The molecule has 7 nitrogen and oxygen atoms in total. The van der Waals surface area contributed by atoms with E-state index in [9.17, 15) is 9.59 Å². The number of imidazole rings is 1. The van der Waals surface area contributed by atoms with Crippen LogP contribution >= 0.6 is 0 Å². The van der Waals surface area contributed by atoms with Gasteiger partial charge >= 0.3 is 5.69 Å². The van der Waals surface area contributed by atoms with Crippen molar-refractivity contribution in [1.29, 1.82) is 0 Å². The number of aromatic amines is 2. The zero-order chi connectivity index (χ0) is 19.2. The molecule has 0 spiro atoms. The second kappa shape index (κ2) is 8.27. The van der Waals surface area contributed by atoms with Crippen molar-refractivity contribution in [1.82, 2.24) is 9.97 Å². The predicted octanol–water partition coefficient (Wildman–Crippen LogP) is 3.31. The van der Waals surface area contributed by atoms with Crippen molar-refractivity contribution in [2.24, 2.45) is 0 Å². The summed E-state index contributed by atoms with van der Waals surface area (Å²) in [5.74, 6) is 1.01. The molecule has 2 aromatic carbocycles. The fraction of sp³-hybridized carbons (Fsp3) is 0.200. The van der Waals surface area contributed by atoms with Crippen LogP contribution in [0.25, 0.3) is 17.1 Å². The third-order valence-corrected chi connectivity index (χ3v) is 3.86. The SMILES string of the molecule is CCCOc1ccc(/C=C/C(=O)Nc2ccc3[nH]c(=O)[nH]c3c2)cc1OC. The summed E-state index contributed by atoms with van der Waals surface area (Å²) in [7, 11) is 1.58. The molecule has 0 radical (unpaired) electrons. The maximum absolute atomic E-state index is 12.2. The van der Waals surface area contributed by atoms with Gasteiger partial charge in [-0.05, 0) is 48.4 Å². The van der Waals surface area contributed by atoms with Gasteiger partial charge in [0.15, 0.2) is 11.5 Å². The van der Waals surface area contributed by atoms with Crippen LogP contribution < -0.4 is 20.5 Å². The lowest BCUT2D eigenvalue weighted by Gasteiger charge is -2.10. The van der Waals surface area contributed by atoms with E-state index in [0.717, 1.165) is 12.0 Å². The number of anilines is 1. The first-order valence-corrected chi connectivity index (χ1v) is 8.61. The van der Waals surface area contributed by atoms with Gasteiger partial charge in [-0.15, -0.1) is 0 Å². The maximum Gasteiger partial charge on any atom is 0.323 e. The molecule has 1 amide bonds. The number of carbonyl (C=O) groups is 1. The van der Waals surface area contributed by atoms with Gasteiger partial charge in [-0.1, -0.05) is 13.0 Å². The monoisotopic (exact) mass is 367 g/mol. The Balaban J connectivity index is 1.68. The molecule has 0 atom stereocenters. The maximum atomic E-state index is 12.2. The van der Waals surface area contributed by atoms with Crippen LogP contribution in [-0.2, 0) is 4.79 Å². The van der Waals surface area contributed by atoms with Crippen LogP contribution in [0, 0.1) is 0 Å². The highest BCUT2D eigenvalue weighted by atomic mass is 16.5. The summed E-state index contributed by atoms with van der Waals surface area (Å²) in [6.45, 7) is 2.65. The third kappa shape index (κ3) is 4.58. The molecule has 0 aliphatic heterocycles. The number of rotatable bonds is 7. The summed E-state index contributed by atoms with van der Waals surface area (Å²) in [6, 6.07) is 10.6. The number of amides is 1. The molecule has 27 heavy (non-hydrogen) atoms. The Bertz CT molecular complexity index is 1030. The van der Waals surface area contributed by atoms with E-state index in [1.165, 1.54) is 6.08 Å². The molecular weight excluding hydrogens is 346 g/mol. The lowest BCUT2D eigenvalue weighted by molar-refractivity contribution is -0.111. The third-order valence-electron chi connectivity index (χ3n) is 3.86. The Labute approximate surface area is 156 Å². The lowest BCUT2D eigenvalue weighted by atomic mass is 10.2. The summed E-state index contributed by atoms with van der Waals surface area (Å²) in [5, 5.41) is 2.76. The number of aromatic nitrogens is 2. The van der Waals surface area contributed by atoms with Gasteiger partial charge in [-0.25, -0.2) is 4.79 Å². The van der Waals surface area contributed by atoms with Crippen LogP contribution in [0.3, 0.4) is 0 Å². The molecule has 0 unspecified atom stereocenters. The van der Waals surface area contributed by atoms with Crippen molar-refractivity contribution in [3.63, 3.8) is 0 Å². The van der Waals surface area contributed by atoms with E-state index in [2.05, 4.69) is 15.3 Å². The minimum Gasteiger partial charge on any atom is -0.493 e. The molecular formula is C20H21N3O4. The molecule has 0 aliphatic rings. The molecule has 1 heterocycles. The first-order chi connectivity index (χ1) is 13.1. The summed E-state index contributed by atoms with van der Waals surface area (Å²) >= 11 is 0. The van der Waals surface area contributed by atoms with Crippen molar-refractivity contribution < 1.29 is 14.3 Å².